The van der Waals surface area contributed by atoms with Crippen molar-refractivity contribution in [3.8, 4) is 5.75 Å². The van der Waals surface area contributed by atoms with Crippen LogP contribution in [0.4, 0.5) is 0 Å². The van der Waals surface area contributed by atoms with Gasteiger partial charge in [0.25, 0.3) is 5.91 Å². The lowest BCUT2D eigenvalue weighted by atomic mass is 10.1. The summed E-state index contributed by atoms with van der Waals surface area (Å²) >= 11 is 3.42. The molecule has 1 amide bonds. The molecule has 0 atom stereocenters. The lowest BCUT2D eigenvalue weighted by molar-refractivity contribution is 0.0769. The first-order valence-electron chi connectivity index (χ1n) is 5.68. The van der Waals surface area contributed by atoms with Gasteiger partial charge in [-0.2, -0.15) is 0 Å². The predicted molar refractivity (Wildman–Crippen MR) is 72.7 cm³/mol. The second-order valence-corrected chi connectivity index (χ2v) is 4.66. The maximum atomic E-state index is 12.3. The first kappa shape index (κ1) is 14.0. The molecule has 0 bridgehead atoms. The van der Waals surface area contributed by atoms with Crippen molar-refractivity contribution >= 4 is 21.8 Å². The highest BCUT2D eigenvalue weighted by Gasteiger charge is 2.19. The molecule has 0 aliphatic heterocycles. The number of hydrogen-bond acceptors (Lipinski definition) is 2. The highest BCUT2D eigenvalue weighted by Crippen LogP contribution is 2.31. The summed E-state index contributed by atoms with van der Waals surface area (Å²) < 4.78 is 6.11. The highest BCUT2D eigenvalue weighted by molar-refractivity contribution is 9.10. The molecular formula is C13H18BrNO2. The molecule has 3 nitrogen and oxygen atoms in total. The van der Waals surface area contributed by atoms with E-state index in [1.807, 2.05) is 32.9 Å². The van der Waals surface area contributed by atoms with Gasteiger partial charge in [-0.15, -0.1) is 0 Å². The predicted octanol–water partition coefficient (Wildman–Crippen LogP) is 3.25. The Kier molecular flexibility index (Phi) is 5.00. The van der Waals surface area contributed by atoms with E-state index >= 15 is 0 Å². The molecular weight excluding hydrogens is 282 g/mol. The molecule has 0 saturated heterocycles. The number of ether oxygens (including phenoxy) is 1. The van der Waals surface area contributed by atoms with Crippen LogP contribution in [-0.2, 0) is 0 Å². The molecule has 94 valence electrons. The van der Waals surface area contributed by atoms with Crippen molar-refractivity contribution in [1.29, 1.82) is 0 Å². The van der Waals surface area contributed by atoms with Gasteiger partial charge >= 0.3 is 0 Å². The molecule has 0 radical (unpaired) electrons. The van der Waals surface area contributed by atoms with Gasteiger partial charge in [0.2, 0.25) is 0 Å². The van der Waals surface area contributed by atoms with E-state index in [1.54, 1.807) is 12.0 Å². The summed E-state index contributed by atoms with van der Waals surface area (Å²) in [4.78, 5) is 14.1. The number of methoxy groups -OCH3 is 1. The van der Waals surface area contributed by atoms with Crippen molar-refractivity contribution < 1.29 is 9.53 Å². The highest BCUT2D eigenvalue weighted by atomic mass is 79.9. The fourth-order valence-corrected chi connectivity index (χ4v) is 2.51. The van der Waals surface area contributed by atoms with Crippen molar-refractivity contribution in [3.05, 3.63) is 27.7 Å². The first-order valence-corrected chi connectivity index (χ1v) is 6.47. The number of carbonyl (C=O) groups is 1. The van der Waals surface area contributed by atoms with E-state index < -0.39 is 0 Å². The van der Waals surface area contributed by atoms with Gasteiger partial charge in [0, 0.05) is 13.1 Å². The average molecular weight is 300 g/mol. The van der Waals surface area contributed by atoms with E-state index in [9.17, 15) is 4.79 Å². The van der Waals surface area contributed by atoms with E-state index in [4.69, 9.17) is 4.74 Å². The van der Waals surface area contributed by atoms with E-state index in [2.05, 4.69) is 15.9 Å². The molecule has 0 unspecified atom stereocenters. The monoisotopic (exact) mass is 299 g/mol. The zero-order valence-electron chi connectivity index (χ0n) is 10.7. The molecule has 0 heterocycles. The van der Waals surface area contributed by atoms with Crippen LogP contribution in [0.3, 0.4) is 0 Å². The van der Waals surface area contributed by atoms with Gasteiger partial charge in [0.1, 0.15) is 5.75 Å². The molecule has 1 aromatic rings. The van der Waals surface area contributed by atoms with E-state index in [0.29, 0.717) is 24.4 Å². The summed E-state index contributed by atoms with van der Waals surface area (Å²) in [6.45, 7) is 7.30. The number of aryl methyl sites for hydroxylation is 1. The molecule has 0 N–H and O–H groups in total. The Hall–Kier alpha value is -1.03. The number of hydrogen-bond donors (Lipinski definition) is 0. The molecule has 4 heteroatoms. The summed E-state index contributed by atoms with van der Waals surface area (Å²) in [6, 6.07) is 3.81. The van der Waals surface area contributed by atoms with Crippen LogP contribution in [0, 0.1) is 6.92 Å². The van der Waals surface area contributed by atoms with E-state index in [-0.39, 0.29) is 5.91 Å². The van der Waals surface area contributed by atoms with Crippen molar-refractivity contribution in [2.75, 3.05) is 20.2 Å². The largest absolute Gasteiger partial charge is 0.495 e. The molecule has 1 rings (SSSR count). The van der Waals surface area contributed by atoms with Crippen LogP contribution >= 0.6 is 15.9 Å². The minimum Gasteiger partial charge on any atom is -0.495 e. The van der Waals surface area contributed by atoms with Crippen molar-refractivity contribution in [1.82, 2.24) is 4.90 Å². The van der Waals surface area contributed by atoms with Gasteiger partial charge in [-0.1, -0.05) is 0 Å². The van der Waals surface area contributed by atoms with Crippen LogP contribution in [0.25, 0.3) is 0 Å². The third-order valence-electron chi connectivity index (χ3n) is 2.67. The lowest BCUT2D eigenvalue weighted by Gasteiger charge is -2.20. The maximum Gasteiger partial charge on any atom is 0.257 e. The van der Waals surface area contributed by atoms with Crippen molar-refractivity contribution in [2.24, 2.45) is 0 Å². The summed E-state index contributed by atoms with van der Waals surface area (Å²) in [5.74, 6) is 0.615. The molecule has 0 aliphatic rings. The zero-order chi connectivity index (χ0) is 13.0. The van der Waals surface area contributed by atoms with Crippen molar-refractivity contribution in [2.45, 2.75) is 20.8 Å². The minimum atomic E-state index is 0.0104. The average Bonchev–Trinajstić information content (AvgIpc) is 2.29. The van der Waals surface area contributed by atoms with Crippen LogP contribution in [0.5, 0.6) is 5.75 Å². The van der Waals surface area contributed by atoms with Crippen LogP contribution in [0.2, 0.25) is 0 Å². The van der Waals surface area contributed by atoms with Crippen molar-refractivity contribution in [3.63, 3.8) is 0 Å². The minimum absolute atomic E-state index is 0.0104. The zero-order valence-corrected chi connectivity index (χ0v) is 12.3. The van der Waals surface area contributed by atoms with Crippen LogP contribution in [0.1, 0.15) is 29.8 Å². The van der Waals surface area contributed by atoms with Crippen LogP contribution in [-0.4, -0.2) is 31.0 Å². The Morgan fingerprint density at radius 2 is 1.94 bits per heavy atom. The third-order valence-corrected chi connectivity index (χ3v) is 3.26. The summed E-state index contributed by atoms with van der Waals surface area (Å²) in [5.41, 5.74) is 1.65. The quantitative estimate of drug-likeness (QED) is 0.854. The third kappa shape index (κ3) is 3.00. The normalized spacial score (nSPS) is 10.2. The van der Waals surface area contributed by atoms with E-state index in [0.717, 1.165) is 10.0 Å². The van der Waals surface area contributed by atoms with Gasteiger partial charge in [-0.05, 0) is 54.4 Å². The SMILES string of the molecule is CCN(CC)C(=O)c1cc(C)cc(Br)c1OC. The van der Waals surface area contributed by atoms with Gasteiger partial charge in [0.15, 0.2) is 0 Å². The fourth-order valence-electron chi connectivity index (χ4n) is 1.78. The number of halogens is 1. The van der Waals surface area contributed by atoms with E-state index in [1.165, 1.54) is 0 Å². The molecule has 0 aliphatic carbocycles. The molecule has 1 aromatic carbocycles. The summed E-state index contributed by atoms with van der Waals surface area (Å²) in [7, 11) is 1.58. The number of benzene rings is 1. The van der Waals surface area contributed by atoms with Gasteiger partial charge < -0.3 is 9.64 Å². The lowest BCUT2D eigenvalue weighted by Crippen LogP contribution is -2.30. The molecule has 0 saturated carbocycles. The number of carbonyl (C=O) groups excluding carboxylic acids is 1. The van der Waals surface area contributed by atoms with Gasteiger partial charge in [-0.3, -0.25) is 4.79 Å². The number of amides is 1. The Morgan fingerprint density at radius 1 is 1.35 bits per heavy atom. The summed E-state index contributed by atoms with van der Waals surface area (Å²) in [5, 5.41) is 0. The van der Waals surface area contributed by atoms with Crippen LogP contribution in [0.15, 0.2) is 16.6 Å². The Bertz CT molecular complexity index is 414. The number of rotatable bonds is 4. The maximum absolute atomic E-state index is 12.3. The second-order valence-electron chi connectivity index (χ2n) is 3.80. The van der Waals surface area contributed by atoms with Gasteiger partial charge in [-0.25, -0.2) is 0 Å². The molecule has 17 heavy (non-hydrogen) atoms. The van der Waals surface area contributed by atoms with Crippen LogP contribution < -0.4 is 4.74 Å². The Morgan fingerprint density at radius 3 is 2.41 bits per heavy atom. The topological polar surface area (TPSA) is 29.5 Å². The molecule has 0 spiro atoms. The Labute approximate surface area is 111 Å². The fraction of sp³-hybridized carbons (Fsp3) is 0.462. The smallest absolute Gasteiger partial charge is 0.257 e. The standard InChI is InChI=1S/C13H18BrNO2/c1-5-15(6-2)13(16)10-7-9(3)8-11(14)12(10)17-4/h7-8H,5-6H2,1-4H3. The second kappa shape index (κ2) is 6.05. The Balaban J connectivity index is 3.24. The molecule has 0 fully saturated rings. The molecule has 0 aromatic heterocycles. The summed E-state index contributed by atoms with van der Waals surface area (Å²) in [6.07, 6.45) is 0. The first-order chi connectivity index (χ1) is 8.04. The van der Waals surface area contributed by atoms with Gasteiger partial charge in [0.05, 0.1) is 17.1 Å². The number of nitrogens with zero attached hydrogens (tertiary/aromatic N) is 1.